The van der Waals surface area contributed by atoms with Crippen LogP contribution in [0.1, 0.15) is 65.3 Å². The molecule has 0 amide bonds. The highest BCUT2D eigenvalue weighted by Crippen LogP contribution is 2.23. The number of aryl methyl sites for hydroxylation is 2. The summed E-state index contributed by atoms with van der Waals surface area (Å²) in [6.45, 7) is 19.9. The van der Waals surface area contributed by atoms with Crippen molar-refractivity contribution in [3.63, 3.8) is 0 Å². The van der Waals surface area contributed by atoms with E-state index in [-0.39, 0.29) is 0 Å². The summed E-state index contributed by atoms with van der Waals surface area (Å²) in [7, 11) is 1.78. The molecule has 6 heteroatoms. The van der Waals surface area contributed by atoms with Crippen molar-refractivity contribution in [3.05, 3.63) is 83.3 Å². The van der Waals surface area contributed by atoms with Crippen molar-refractivity contribution in [2.45, 2.75) is 73.3 Å². The first-order chi connectivity index (χ1) is 17.7. The lowest BCUT2D eigenvalue weighted by atomic mass is 9.97. The minimum absolute atomic E-state index is 0.452. The Morgan fingerprint density at radius 3 is 2.46 bits per heavy atom. The van der Waals surface area contributed by atoms with Crippen LogP contribution < -0.4 is 10.6 Å². The van der Waals surface area contributed by atoms with Gasteiger partial charge in [0.1, 0.15) is 11.9 Å². The second kappa shape index (κ2) is 14.5. The quantitative estimate of drug-likeness (QED) is 0.236. The first-order valence-electron chi connectivity index (χ1n) is 13.2. The van der Waals surface area contributed by atoms with Crippen molar-refractivity contribution in [1.82, 2.24) is 20.6 Å². The Morgan fingerprint density at radius 1 is 1.14 bits per heavy atom. The lowest BCUT2D eigenvalue weighted by Gasteiger charge is -2.25. The molecule has 1 heterocycles. The zero-order valence-electron chi connectivity index (χ0n) is 24.0. The Bertz CT molecular complexity index is 1190. The van der Waals surface area contributed by atoms with Crippen molar-refractivity contribution < 1.29 is 4.74 Å². The SMILES string of the molecule is C=C(NC/C=C(\C=C/C)Cc1ncnc2cc(CC)c(CC)cc12)N/C(C)=C/C(=N\C)C(C)(C)OCC. The first-order valence-corrected chi connectivity index (χ1v) is 13.2. The van der Waals surface area contributed by atoms with E-state index in [4.69, 9.17) is 4.74 Å². The average Bonchev–Trinajstić information content (AvgIpc) is 2.86. The number of fused-ring (bicyclic) bond motifs is 1. The molecule has 6 nitrogen and oxygen atoms in total. The molecule has 1 aromatic carbocycles. The average molecular weight is 504 g/mol. The Hall–Kier alpha value is -3.25. The minimum atomic E-state index is -0.452. The number of allylic oxidation sites excluding steroid dienone is 4. The summed E-state index contributed by atoms with van der Waals surface area (Å²) in [5.41, 5.74) is 7.34. The highest BCUT2D eigenvalue weighted by atomic mass is 16.5. The summed E-state index contributed by atoms with van der Waals surface area (Å²) < 4.78 is 5.84. The number of hydrogen-bond acceptors (Lipinski definition) is 6. The topological polar surface area (TPSA) is 71.4 Å². The molecule has 0 saturated carbocycles. The molecule has 0 aliphatic carbocycles. The van der Waals surface area contributed by atoms with E-state index in [9.17, 15) is 0 Å². The summed E-state index contributed by atoms with van der Waals surface area (Å²) in [4.78, 5) is 13.6. The second-order valence-electron chi connectivity index (χ2n) is 9.49. The van der Waals surface area contributed by atoms with Gasteiger partial charge in [-0.25, -0.2) is 9.97 Å². The van der Waals surface area contributed by atoms with Crippen LogP contribution in [0.2, 0.25) is 0 Å². The molecule has 37 heavy (non-hydrogen) atoms. The van der Waals surface area contributed by atoms with Crippen LogP contribution in [-0.2, 0) is 24.0 Å². The predicted molar refractivity (Wildman–Crippen MR) is 158 cm³/mol. The molecular formula is C31H45N5O. The van der Waals surface area contributed by atoms with Crippen LogP contribution >= 0.6 is 0 Å². The van der Waals surface area contributed by atoms with Gasteiger partial charge in [0.2, 0.25) is 0 Å². The first kappa shape index (κ1) is 30.0. The number of aromatic nitrogens is 2. The van der Waals surface area contributed by atoms with Gasteiger partial charge in [-0.2, -0.15) is 0 Å². The van der Waals surface area contributed by atoms with Crippen molar-refractivity contribution >= 4 is 16.6 Å². The van der Waals surface area contributed by atoms with E-state index in [1.807, 2.05) is 40.7 Å². The Balaban J connectivity index is 2.12. The number of rotatable bonds is 14. The molecule has 1 aromatic heterocycles. The maximum absolute atomic E-state index is 5.84. The Labute approximate surface area is 223 Å². The normalized spacial score (nSPS) is 13.5. The van der Waals surface area contributed by atoms with Gasteiger partial charge in [-0.05, 0) is 82.4 Å². The molecule has 0 bridgehead atoms. The van der Waals surface area contributed by atoms with Crippen molar-refractivity contribution in [2.24, 2.45) is 4.99 Å². The zero-order chi connectivity index (χ0) is 27.4. The molecule has 0 aliphatic rings. The van der Waals surface area contributed by atoms with Crippen LogP contribution in [0.25, 0.3) is 10.9 Å². The molecule has 2 rings (SSSR count). The predicted octanol–water partition coefficient (Wildman–Crippen LogP) is 6.24. The van der Waals surface area contributed by atoms with Crippen LogP contribution in [0.5, 0.6) is 0 Å². The Morgan fingerprint density at radius 2 is 1.84 bits per heavy atom. The molecular weight excluding hydrogens is 458 g/mol. The van der Waals surface area contributed by atoms with Gasteiger partial charge in [0, 0.05) is 37.7 Å². The summed E-state index contributed by atoms with van der Waals surface area (Å²) in [6, 6.07) is 4.49. The Kier molecular flexibility index (Phi) is 11.7. The van der Waals surface area contributed by atoms with Gasteiger partial charge in [-0.15, -0.1) is 0 Å². The molecule has 0 fully saturated rings. The second-order valence-corrected chi connectivity index (χ2v) is 9.49. The van der Waals surface area contributed by atoms with Crippen molar-refractivity contribution in [2.75, 3.05) is 20.2 Å². The van der Waals surface area contributed by atoms with Gasteiger partial charge in [0.25, 0.3) is 0 Å². The maximum atomic E-state index is 5.84. The van der Waals surface area contributed by atoms with Crippen LogP contribution in [0.4, 0.5) is 0 Å². The van der Waals surface area contributed by atoms with E-state index in [0.717, 1.165) is 53.1 Å². The van der Waals surface area contributed by atoms with Gasteiger partial charge in [-0.1, -0.05) is 38.7 Å². The van der Waals surface area contributed by atoms with E-state index >= 15 is 0 Å². The van der Waals surface area contributed by atoms with Gasteiger partial charge in [0.15, 0.2) is 0 Å². The number of nitrogens with one attached hydrogen (secondary N) is 2. The van der Waals surface area contributed by atoms with Crippen molar-refractivity contribution in [3.8, 4) is 0 Å². The van der Waals surface area contributed by atoms with Crippen molar-refractivity contribution in [1.29, 1.82) is 0 Å². The van der Waals surface area contributed by atoms with E-state index < -0.39 is 5.60 Å². The van der Waals surface area contributed by atoms with Gasteiger partial charge < -0.3 is 15.4 Å². The largest absolute Gasteiger partial charge is 0.370 e. The third-order valence-electron chi connectivity index (χ3n) is 6.30. The summed E-state index contributed by atoms with van der Waals surface area (Å²) in [6.07, 6.45) is 12.8. The number of hydrogen-bond donors (Lipinski definition) is 2. The lowest BCUT2D eigenvalue weighted by molar-refractivity contribution is 0.0447. The fourth-order valence-corrected chi connectivity index (χ4v) is 4.42. The number of nitrogens with zero attached hydrogens (tertiary/aromatic N) is 3. The van der Waals surface area contributed by atoms with Gasteiger partial charge in [-0.3, -0.25) is 4.99 Å². The number of aliphatic imine (C=N–C) groups is 1. The number of ether oxygens (including phenoxy) is 1. The molecule has 200 valence electrons. The molecule has 0 atom stereocenters. The molecule has 0 saturated heterocycles. The lowest BCUT2D eigenvalue weighted by Crippen LogP contribution is -2.35. The molecule has 2 aromatic rings. The molecule has 0 unspecified atom stereocenters. The van der Waals surface area contributed by atoms with Gasteiger partial charge in [0.05, 0.1) is 22.7 Å². The smallest absolute Gasteiger partial charge is 0.116 e. The number of benzene rings is 1. The third-order valence-corrected chi connectivity index (χ3v) is 6.30. The van der Waals surface area contributed by atoms with Crippen LogP contribution in [-0.4, -0.2) is 41.5 Å². The minimum Gasteiger partial charge on any atom is -0.370 e. The molecule has 0 spiro atoms. The van der Waals surface area contributed by atoms with Crippen LogP contribution in [0.3, 0.4) is 0 Å². The molecule has 0 radical (unpaired) electrons. The van der Waals surface area contributed by atoms with Crippen LogP contribution in [0, 0.1) is 0 Å². The molecule has 0 aliphatic heterocycles. The third kappa shape index (κ3) is 8.67. The van der Waals surface area contributed by atoms with E-state index in [2.05, 4.69) is 76.4 Å². The van der Waals surface area contributed by atoms with E-state index in [1.165, 1.54) is 16.7 Å². The van der Waals surface area contributed by atoms with Crippen LogP contribution in [0.15, 0.2) is 71.4 Å². The highest BCUT2D eigenvalue weighted by Gasteiger charge is 2.23. The summed E-state index contributed by atoms with van der Waals surface area (Å²) >= 11 is 0. The zero-order valence-corrected chi connectivity index (χ0v) is 24.0. The standard InChI is InChI=1S/C31H45N5O/c1-10-14-24(18-28-27-19-25(11-2)26(12-3)20-29(27)35-21-34-28)15-16-33-23(6)36-22(5)17-30(32-9)31(7,8)37-13-4/h10,14-15,17,19-21,33,36H,6,11-13,16,18H2,1-5,7-9H3/b14-10-,22-17+,24-15+,32-30+. The highest BCUT2D eigenvalue weighted by molar-refractivity contribution is 6.01. The van der Waals surface area contributed by atoms with Gasteiger partial charge >= 0.3 is 0 Å². The van der Waals surface area contributed by atoms with E-state index in [1.54, 1.807) is 13.4 Å². The monoisotopic (exact) mass is 503 g/mol. The maximum Gasteiger partial charge on any atom is 0.116 e. The fourth-order valence-electron chi connectivity index (χ4n) is 4.42. The summed E-state index contributed by atoms with van der Waals surface area (Å²) in [5.74, 6) is 0.724. The fraction of sp³-hybridized carbons (Fsp3) is 0.452. The van der Waals surface area contributed by atoms with E-state index in [0.29, 0.717) is 13.2 Å². The molecule has 2 N–H and O–H groups in total. The summed E-state index contributed by atoms with van der Waals surface area (Å²) in [5, 5.41) is 7.80.